The van der Waals surface area contributed by atoms with Gasteiger partial charge < -0.3 is 14.3 Å². The molecule has 1 fully saturated rings. The van der Waals surface area contributed by atoms with Crippen molar-refractivity contribution < 1.29 is 23.8 Å². The Morgan fingerprint density at radius 3 is 2.48 bits per heavy atom. The molecule has 2 aromatic carbocycles. The summed E-state index contributed by atoms with van der Waals surface area (Å²) in [6, 6.07) is 16.7. The average molecular weight is 417 g/mol. The minimum absolute atomic E-state index is 0.00832. The second-order valence-electron chi connectivity index (χ2n) is 7.17. The van der Waals surface area contributed by atoms with E-state index < -0.39 is 17.7 Å². The minimum atomic E-state index is -0.891. The maximum absolute atomic E-state index is 13.1. The maximum Gasteiger partial charge on any atom is 0.300 e. The lowest BCUT2D eigenvalue weighted by Crippen LogP contribution is -2.29. The van der Waals surface area contributed by atoms with E-state index in [4.69, 9.17) is 9.15 Å². The van der Waals surface area contributed by atoms with E-state index in [2.05, 4.69) is 0 Å². The first kappa shape index (κ1) is 20.5. The third kappa shape index (κ3) is 3.72. The number of aliphatic hydroxyl groups is 1. The Morgan fingerprint density at radius 2 is 1.84 bits per heavy atom. The molecule has 158 valence electrons. The van der Waals surface area contributed by atoms with Gasteiger partial charge in [-0.05, 0) is 43.2 Å². The van der Waals surface area contributed by atoms with E-state index in [0.717, 1.165) is 12.0 Å². The molecule has 1 aliphatic rings. The number of furan rings is 1. The molecule has 1 saturated heterocycles. The molecule has 0 radical (unpaired) electrons. The molecule has 6 heteroatoms. The summed E-state index contributed by atoms with van der Waals surface area (Å²) in [5, 5.41) is 11.1. The van der Waals surface area contributed by atoms with Crippen LogP contribution in [0.3, 0.4) is 0 Å². The summed E-state index contributed by atoms with van der Waals surface area (Å²) >= 11 is 0. The fourth-order valence-corrected chi connectivity index (χ4v) is 3.76. The number of carbonyl (C=O) groups is 2. The Bertz CT molecular complexity index is 1130. The quantitative estimate of drug-likeness (QED) is 0.352. The molecular formula is C25H23NO5. The van der Waals surface area contributed by atoms with Gasteiger partial charge in [-0.15, -0.1) is 0 Å². The van der Waals surface area contributed by atoms with Crippen LogP contribution in [-0.2, 0) is 16.0 Å². The lowest BCUT2D eigenvalue weighted by atomic mass is 9.98. The molecule has 0 bridgehead atoms. The molecule has 2 heterocycles. The number of ether oxygens (including phenoxy) is 1. The normalized spacial score (nSPS) is 17.9. The van der Waals surface area contributed by atoms with Crippen molar-refractivity contribution in [1.29, 1.82) is 0 Å². The number of benzene rings is 2. The molecule has 1 atom stereocenters. The molecule has 1 amide bonds. The fourth-order valence-electron chi connectivity index (χ4n) is 3.76. The summed E-state index contributed by atoms with van der Waals surface area (Å²) in [6.07, 6.45) is 2.33. The highest BCUT2D eigenvalue weighted by molar-refractivity contribution is 6.51. The summed E-state index contributed by atoms with van der Waals surface area (Å²) in [4.78, 5) is 27.5. The van der Waals surface area contributed by atoms with Crippen LogP contribution in [0.25, 0.3) is 5.76 Å². The lowest BCUT2D eigenvalue weighted by Gasteiger charge is -2.23. The highest BCUT2D eigenvalue weighted by atomic mass is 16.5. The van der Waals surface area contributed by atoms with Gasteiger partial charge in [-0.1, -0.05) is 37.3 Å². The molecule has 0 aliphatic carbocycles. The van der Waals surface area contributed by atoms with Gasteiger partial charge in [-0.2, -0.15) is 0 Å². The number of anilines is 1. The van der Waals surface area contributed by atoms with Gasteiger partial charge in [0.05, 0.1) is 18.4 Å². The number of nitrogens with zero attached hydrogens (tertiary/aromatic N) is 1. The molecule has 0 spiro atoms. The van der Waals surface area contributed by atoms with E-state index in [1.807, 2.05) is 26.0 Å². The van der Waals surface area contributed by atoms with Crippen LogP contribution < -0.4 is 9.64 Å². The van der Waals surface area contributed by atoms with E-state index in [1.54, 1.807) is 48.5 Å². The third-order valence-corrected chi connectivity index (χ3v) is 5.30. The zero-order valence-electron chi connectivity index (χ0n) is 17.4. The van der Waals surface area contributed by atoms with E-state index in [-0.39, 0.29) is 11.3 Å². The number of rotatable bonds is 6. The van der Waals surface area contributed by atoms with Crippen molar-refractivity contribution in [1.82, 2.24) is 0 Å². The number of hydrogen-bond donors (Lipinski definition) is 1. The van der Waals surface area contributed by atoms with Crippen LogP contribution in [0.4, 0.5) is 5.69 Å². The topological polar surface area (TPSA) is 80.0 Å². The first-order valence-electron chi connectivity index (χ1n) is 10.2. The second kappa shape index (κ2) is 8.52. The van der Waals surface area contributed by atoms with Crippen molar-refractivity contribution >= 4 is 23.1 Å². The summed E-state index contributed by atoms with van der Waals surface area (Å²) in [5.74, 6) is -0.768. The molecule has 1 aromatic heterocycles. The van der Waals surface area contributed by atoms with Crippen LogP contribution in [0.5, 0.6) is 5.75 Å². The number of ketones is 1. The molecule has 31 heavy (non-hydrogen) atoms. The Morgan fingerprint density at radius 1 is 1.06 bits per heavy atom. The number of amides is 1. The van der Waals surface area contributed by atoms with Crippen molar-refractivity contribution in [2.45, 2.75) is 26.3 Å². The van der Waals surface area contributed by atoms with Crippen molar-refractivity contribution in [3.63, 3.8) is 0 Å². The van der Waals surface area contributed by atoms with E-state index in [9.17, 15) is 14.7 Å². The first-order chi connectivity index (χ1) is 15.0. The Labute approximate surface area is 180 Å². The van der Waals surface area contributed by atoms with Crippen molar-refractivity contribution in [2.24, 2.45) is 0 Å². The van der Waals surface area contributed by atoms with Crippen molar-refractivity contribution in [3.8, 4) is 5.75 Å². The summed E-state index contributed by atoms with van der Waals surface area (Å²) in [5.41, 5.74) is 2.04. The number of Topliss-reactive ketones (excluding diaryl/α,β-unsaturated/α-hetero) is 1. The highest BCUT2D eigenvalue weighted by Crippen LogP contribution is 2.42. The average Bonchev–Trinajstić information content (AvgIpc) is 3.41. The van der Waals surface area contributed by atoms with Gasteiger partial charge in [0, 0.05) is 17.3 Å². The highest BCUT2D eigenvalue weighted by Gasteiger charge is 2.48. The summed E-state index contributed by atoms with van der Waals surface area (Å²) < 4.78 is 11.1. The molecule has 1 unspecified atom stereocenters. The van der Waals surface area contributed by atoms with Crippen LogP contribution in [0.2, 0.25) is 0 Å². The zero-order valence-corrected chi connectivity index (χ0v) is 17.4. The number of aliphatic hydroxyl groups excluding tert-OH is 1. The predicted molar refractivity (Wildman–Crippen MR) is 117 cm³/mol. The third-order valence-electron chi connectivity index (χ3n) is 5.30. The molecule has 0 saturated carbocycles. The lowest BCUT2D eigenvalue weighted by molar-refractivity contribution is -0.132. The minimum Gasteiger partial charge on any atom is -0.507 e. The SMILES string of the molecule is CCOc1cccc(N2C(=O)C(=O)/C(=C(\O)c3ccc(CC)cc3)C2c2ccco2)c1. The Hall–Kier alpha value is -3.80. The van der Waals surface area contributed by atoms with Gasteiger partial charge in [-0.25, -0.2) is 0 Å². The van der Waals surface area contributed by atoms with Crippen molar-refractivity contribution in [2.75, 3.05) is 11.5 Å². The number of aryl methyl sites for hydroxylation is 1. The second-order valence-corrected chi connectivity index (χ2v) is 7.17. The monoisotopic (exact) mass is 417 g/mol. The smallest absolute Gasteiger partial charge is 0.300 e. The van der Waals surface area contributed by atoms with Gasteiger partial charge in [0.2, 0.25) is 0 Å². The molecule has 1 N–H and O–H groups in total. The molecule has 6 nitrogen and oxygen atoms in total. The van der Waals surface area contributed by atoms with Gasteiger partial charge in [0.15, 0.2) is 0 Å². The molecule has 1 aliphatic heterocycles. The van der Waals surface area contributed by atoms with E-state index >= 15 is 0 Å². The van der Waals surface area contributed by atoms with Crippen LogP contribution in [-0.4, -0.2) is 23.4 Å². The maximum atomic E-state index is 13.1. The predicted octanol–water partition coefficient (Wildman–Crippen LogP) is 4.87. The Balaban J connectivity index is 1.86. The van der Waals surface area contributed by atoms with Gasteiger partial charge in [0.1, 0.15) is 23.3 Å². The van der Waals surface area contributed by atoms with Crippen LogP contribution >= 0.6 is 0 Å². The standard InChI is InChI=1S/C25H23NO5/c1-3-16-10-12-17(13-11-16)23(27)21-22(20-9-6-14-31-20)26(25(29)24(21)28)18-7-5-8-19(15-18)30-4-2/h5-15,22,27H,3-4H2,1-2H3/b23-21-. The Kier molecular flexibility index (Phi) is 5.62. The summed E-state index contributed by atoms with van der Waals surface area (Å²) in [6.45, 7) is 4.37. The first-order valence-corrected chi connectivity index (χ1v) is 10.2. The van der Waals surface area contributed by atoms with Gasteiger partial charge in [0.25, 0.3) is 11.7 Å². The van der Waals surface area contributed by atoms with Crippen molar-refractivity contribution in [3.05, 3.63) is 89.4 Å². The van der Waals surface area contributed by atoms with Crippen LogP contribution in [0, 0.1) is 0 Å². The molecule has 3 aromatic rings. The molecular weight excluding hydrogens is 394 g/mol. The van der Waals surface area contributed by atoms with Crippen LogP contribution in [0.15, 0.2) is 76.9 Å². The number of carbonyl (C=O) groups excluding carboxylic acids is 2. The van der Waals surface area contributed by atoms with E-state index in [0.29, 0.717) is 29.4 Å². The van der Waals surface area contributed by atoms with Gasteiger partial charge in [-0.3, -0.25) is 14.5 Å². The van der Waals surface area contributed by atoms with E-state index in [1.165, 1.54) is 11.2 Å². The van der Waals surface area contributed by atoms with Gasteiger partial charge >= 0.3 is 0 Å². The zero-order chi connectivity index (χ0) is 22.0. The molecule has 4 rings (SSSR count). The van der Waals surface area contributed by atoms with Crippen LogP contribution in [0.1, 0.15) is 36.8 Å². The summed E-state index contributed by atoms with van der Waals surface area (Å²) in [7, 11) is 0. The largest absolute Gasteiger partial charge is 0.507 e. The fraction of sp³-hybridized carbons (Fsp3) is 0.200. The number of hydrogen-bond acceptors (Lipinski definition) is 5.